The zero-order valence-electron chi connectivity index (χ0n) is 24.8. The fourth-order valence-corrected chi connectivity index (χ4v) is 15.2. The Morgan fingerprint density at radius 1 is 0.868 bits per heavy atom. The van der Waals surface area contributed by atoms with E-state index in [1.165, 1.54) is 61.6 Å². The van der Waals surface area contributed by atoms with Gasteiger partial charge < -0.3 is 24.8 Å². The fourth-order valence-electron chi connectivity index (χ4n) is 6.06. The van der Waals surface area contributed by atoms with Crippen molar-refractivity contribution >= 4 is 6.48 Å². The molecule has 4 rings (SSSR count). The van der Waals surface area contributed by atoms with Gasteiger partial charge in [-0.15, -0.1) is 0 Å². The Bertz CT molecular complexity index is 1160. The Morgan fingerprint density at radius 3 is 2.05 bits per heavy atom. The molecule has 1 unspecified atom stereocenters. The number of unbranched alkanes of at least 4 members (excludes halogenated alkanes) is 2. The first-order valence-corrected chi connectivity index (χ1v) is 18.6. The molecule has 0 N–H and O–H groups in total. The van der Waals surface area contributed by atoms with Gasteiger partial charge in [0, 0.05) is 0 Å². The second-order valence-corrected chi connectivity index (χ2v) is 18.5. The maximum Gasteiger partial charge on any atom is -1.00 e. The van der Waals surface area contributed by atoms with E-state index >= 15 is 0 Å². The molecule has 0 fully saturated rings. The minimum Gasteiger partial charge on any atom is -1.00 e. The third-order valence-corrected chi connectivity index (χ3v) is 17.4. The van der Waals surface area contributed by atoms with Crippen LogP contribution in [0.25, 0.3) is 11.1 Å². The number of rotatable bonds is 11. The van der Waals surface area contributed by atoms with Gasteiger partial charge in [0.05, 0.1) is 0 Å². The molecule has 0 saturated heterocycles. The second kappa shape index (κ2) is 15.3. The van der Waals surface area contributed by atoms with Gasteiger partial charge in [-0.3, -0.25) is 0 Å². The number of hydrogen-bond donors (Lipinski definition) is 0. The Balaban J connectivity index is 0.00000253. The number of aryl methyl sites for hydroxylation is 2. The average Bonchev–Trinajstić information content (AvgIpc) is 3.50. The quantitative estimate of drug-likeness (QED) is 0.305. The van der Waals surface area contributed by atoms with Gasteiger partial charge in [-0.05, 0) is 0 Å². The first-order valence-electron chi connectivity index (χ1n) is 14.7. The largest absolute Gasteiger partial charge is 1.00 e. The van der Waals surface area contributed by atoms with Crippen LogP contribution in [0.5, 0.6) is 0 Å². The molecule has 0 spiro atoms. The molecule has 0 radical (unpaired) electrons. The van der Waals surface area contributed by atoms with Gasteiger partial charge in [0.1, 0.15) is 0 Å². The maximum atomic E-state index is 2.57. The predicted molar refractivity (Wildman–Crippen MR) is 158 cm³/mol. The van der Waals surface area contributed by atoms with E-state index < -0.39 is 21.3 Å². The Labute approximate surface area is 253 Å². The van der Waals surface area contributed by atoms with Crippen molar-refractivity contribution in [3.8, 4) is 11.1 Å². The van der Waals surface area contributed by atoms with Gasteiger partial charge in [-0.2, -0.15) is 0 Å². The molecule has 2 aromatic rings. The molecule has 0 aliphatic heterocycles. The monoisotopic (exact) mass is 628 g/mol. The summed E-state index contributed by atoms with van der Waals surface area (Å²) in [6.45, 7) is 16.6. The van der Waals surface area contributed by atoms with Crippen molar-refractivity contribution in [3.05, 3.63) is 76.4 Å². The van der Waals surface area contributed by atoms with Gasteiger partial charge in [0.2, 0.25) is 0 Å². The van der Waals surface area contributed by atoms with Crippen molar-refractivity contribution in [2.75, 3.05) is 0 Å². The van der Waals surface area contributed by atoms with Crippen molar-refractivity contribution in [1.29, 1.82) is 0 Å². The molecule has 2 aliphatic rings. The van der Waals surface area contributed by atoms with Crippen molar-refractivity contribution < 1.29 is 46.1 Å². The summed E-state index contributed by atoms with van der Waals surface area (Å²) in [5.74, 6) is 1.43. The normalized spacial score (nSPS) is 14.0. The summed E-state index contributed by atoms with van der Waals surface area (Å²) in [6.07, 6.45) is 20.2. The van der Waals surface area contributed by atoms with Crippen LogP contribution in [0.15, 0.2) is 48.6 Å². The minimum absolute atomic E-state index is 0. The van der Waals surface area contributed by atoms with Crippen LogP contribution in [0.2, 0.25) is 3.63 Å². The number of hydrogen-bond acceptors (Lipinski definition) is 0. The number of fused-ring (bicyclic) bond motifs is 3. The number of halogens is 2. The van der Waals surface area contributed by atoms with E-state index in [-0.39, 0.29) is 24.8 Å². The van der Waals surface area contributed by atoms with Gasteiger partial charge in [0.25, 0.3) is 0 Å². The summed E-state index contributed by atoms with van der Waals surface area (Å²) in [5.41, 5.74) is 10.9. The molecule has 0 nitrogen and oxygen atoms in total. The standard InChI is InChI=1S/C21H25.C9H18.C5H5.2ClH.Zr/c1-13(2)14(3)8-17-6-7-20-19(11-17)12-18-9-15(4)16(5)10-21(18)20;1-3-5-7-9-8-6-4-2;1-2-4-5-3-1;;;/h6-7,9-10,13-14H,8,12H2,1-5H3;3-8H2,1-2H3;1-5H;2*1H;/q;;;;;+2/p-2. The van der Waals surface area contributed by atoms with Crippen LogP contribution in [-0.2, 0) is 34.1 Å². The second-order valence-electron chi connectivity index (χ2n) is 11.8. The van der Waals surface area contributed by atoms with Gasteiger partial charge >= 0.3 is 231 Å². The van der Waals surface area contributed by atoms with Crippen LogP contribution in [0.1, 0.15) is 101 Å². The number of benzene rings is 2. The van der Waals surface area contributed by atoms with E-state index in [9.17, 15) is 0 Å². The molecular weight excluding hydrogens is 583 g/mol. The predicted octanol–water partition coefficient (Wildman–Crippen LogP) is 3.43. The molecule has 0 heterocycles. The van der Waals surface area contributed by atoms with Crippen molar-refractivity contribution in [1.82, 2.24) is 0 Å². The van der Waals surface area contributed by atoms with Crippen LogP contribution in [0.4, 0.5) is 0 Å². The first-order chi connectivity index (χ1) is 17.3. The molecule has 3 heteroatoms. The molecule has 38 heavy (non-hydrogen) atoms. The van der Waals surface area contributed by atoms with Crippen molar-refractivity contribution in [3.63, 3.8) is 0 Å². The van der Waals surface area contributed by atoms with Gasteiger partial charge in [0.15, 0.2) is 0 Å². The molecule has 2 aliphatic carbocycles. The molecule has 1 atom stereocenters. The van der Waals surface area contributed by atoms with Gasteiger partial charge in [-0.1, -0.05) is 0 Å². The average molecular weight is 631 g/mol. The summed E-state index contributed by atoms with van der Waals surface area (Å²) in [4.78, 5) is 0. The van der Waals surface area contributed by atoms with Crippen LogP contribution in [-0.4, -0.2) is 3.21 Å². The van der Waals surface area contributed by atoms with Gasteiger partial charge in [-0.25, -0.2) is 0 Å². The zero-order valence-corrected chi connectivity index (χ0v) is 28.7. The SMILES string of the molecule is CCCC[C](CCCC)=[Zr+2]([c]1c(CC(C)C(C)C)ccc2c1Cc1cc(C)c(C)cc1-2)[CH]1C=CC=C1.[Cl-].[Cl-]. The molecule has 0 aromatic heterocycles. The van der Waals surface area contributed by atoms with Crippen molar-refractivity contribution in [2.24, 2.45) is 11.8 Å². The number of allylic oxidation sites excluding steroid dienone is 4. The molecule has 0 saturated carbocycles. The smallest absolute Gasteiger partial charge is 1.00 e. The first kappa shape index (κ1) is 33.5. The summed E-state index contributed by atoms with van der Waals surface area (Å²) in [7, 11) is 0. The third-order valence-electron chi connectivity index (χ3n) is 8.85. The van der Waals surface area contributed by atoms with E-state index in [0.29, 0.717) is 9.54 Å². The summed E-state index contributed by atoms with van der Waals surface area (Å²) in [6, 6.07) is 10.0. The van der Waals surface area contributed by atoms with E-state index in [1.54, 1.807) is 22.3 Å². The molecular formula is C35H48Cl2Zr. The Hall–Kier alpha value is -0.747. The van der Waals surface area contributed by atoms with E-state index in [0.717, 1.165) is 12.3 Å². The van der Waals surface area contributed by atoms with Crippen molar-refractivity contribution in [2.45, 2.75) is 103 Å². The molecule has 0 amide bonds. The van der Waals surface area contributed by atoms with Crippen LogP contribution in [0, 0.1) is 25.7 Å². The van der Waals surface area contributed by atoms with E-state index in [4.69, 9.17) is 0 Å². The summed E-state index contributed by atoms with van der Waals surface area (Å²) in [5, 5.41) is 0. The zero-order chi connectivity index (χ0) is 25.8. The van der Waals surface area contributed by atoms with Crippen LogP contribution < -0.4 is 28.1 Å². The molecule has 206 valence electrons. The molecule has 0 bridgehead atoms. The van der Waals surface area contributed by atoms with Crippen LogP contribution >= 0.6 is 0 Å². The summed E-state index contributed by atoms with van der Waals surface area (Å²) >= 11 is -2.20. The Morgan fingerprint density at radius 2 is 1.47 bits per heavy atom. The van der Waals surface area contributed by atoms with E-state index in [1.807, 2.05) is 6.48 Å². The minimum atomic E-state index is -2.20. The third kappa shape index (κ3) is 7.30. The fraction of sp³-hybridized carbons (Fsp3) is 0.514. The summed E-state index contributed by atoms with van der Waals surface area (Å²) < 4.78 is 4.57. The molecule has 2 aromatic carbocycles. The van der Waals surface area contributed by atoms with E-state index in [2.05, 4.69) is 97.0 Å². The van der Waals surface area contributed by atoms with Crippen LogP contribution in [0.3, 0.4) is 0 Å². The topological polar surface area (TPSA) is 0 Å². The maximum absolute atomic E-state index is 2.57. The Kier molecular flexibility index (Phi) is 13.5.